The molecule has 1 spiro atoms. The van der Waals surface area contributed by atoms with Crippen LogP contribution in [0.2, 0.25) is 0 Å². The van der Waals surface area contributed by atoms with Crippen LogP contribution in [0, 0.1) is 25.7 Å². The Kier molecular flexibility index (Phi) is 3.88. The van der Waals surface area contributed by atoms with Crippen LogP contribution >= 0.6 is 15.9 Å². The molecule has 0 aromatic heterocycles. The Labute approximate surface area is 188 Å². The van der Waals surface area contributed by atoms with Gasteiger partial charge in [0.2, 0.25) is 17.7 Å². The summed E-state index contributed by atoms with van der Waals surface area (Å²) in [7, 11) is 0. The normalized spacial score (nSPS) is 31.4. The monoisotopic (exact) mass is 479 g/mol. The summed E-state index contributed by atoms with van der Waals surface area (Å²) >= 11 is 3.41. The van der Waals surface area contributed by atoms with E-state index in [0.717, 1.165) is 46.2 Å². The van der Waals surface area contributed by atoms with E-state index in [1.54, 1.807) is 12.1 Å². The highest BCUT2D eigenvalue weighted by atomic mass is 79.9. The number of benzene rings is 2. The van der Waals surface area contributed by atoms with Gasteiger partial charge in [-0.25, -0.2) is 4.90 Å². The van der Waals surface area contributed by atoms with Crippen LogP contribution in [0.5, 0.6) is 0 Å². The molecule has 0 radical (unpaired) electrons. The number of amides is 3. The third kappa shape index (κ3) is 2.23. The largest absolute Gasteiger partial charge is 0.324 e. The quantitative estimate of drug-likeness (QED) is 0.635. The zero-order valence-electron chi connectivity index (χ0n) is 17.3. The second kappa shape index (κ2) is 6.26. The van der Waals surface area contributed by atoms with Crippen molar-refractivity contribution in [2.24, 2.45) is 11.8 Å². The predicted molar refractivity (Wildman–Crippen MR) is 120 cm³/mol. The fraction of sp³-hybridized carbons (Fsp3) is 0.375. The first-order valence-electron chi connectivity index (χ1n) is 10.7. The summed E-state index contributed by atoms with van der Waals surface area (Å²) in [5.41, 5.74) is 3.13. The second-order valence-electron chi connectivity index (χ2n) is 9.12. The van der Waals surface area contributed by atoms with Gasteiger partial charge >= 0.3 is 0 Å². The zero-order valence-corrected chi connectivity index (χ0v) is 18.9. The van der Waals surface area contributed by atoms with Crippen LogP contribution < -0.4 is 10.2 Å². The first-order valence-corrected chi connectivity index (χ1v) is 11.5. The molecule has 2 aromatic carbocycles. The summed E-state index contributed by atoms with van der Waals surface area (Å²) in [6.45, 7) is 4.71. The minimum absolute atomic E-state index is 0.0978. The van der Waals surface area contributed by atoms with Crippen LogP contribution in [0.1, 0.15) is 29.5 Å². The van der Waals surface area contributed by atoms with Gasteiger partial charge in [-0.15, -0.1) is 0 Å². The van der Waals surface area contributed by atoms with E-state index in [9.17, 15) is 14.4 Å². The number of imide groups is 1. The minimum atomic E-state index is -1.12. The molecule has 6 nitrogen and oxygen atoms in total. The number of hydrogen-bond donors (Lipinski definition) is 1. The number of aryl methyl sites for hydroxylation is 2. The molecular formula is C24H22BrN3O3. The maximum absolute atomic E-state index is 13.9. The first kappa shape index (κ1) is 19.2. The van der Waals surface area contributed by atoms with Gasteiger partial charge in [0.25, 0.3) is 0 Å². The summed E-state index contributed by atoms with van der Waals surface area (Å²) in [5, 5.41) is 3.08. The minimum Gasteiger partial charge on any atom is -0.324 e. The van der Waals surface area contributed by atoms with E-state index in [0.29, 0.717) is 5.69 Å². The van der Waals surface area contributed by atoms with E-state index in [2.05, 4.69) is 26.1 Å². The molecule has 1 N–H and O–H groups in total. The van der Waals surface area contributed by atoms with Gasteiger partial charge < -0.3 is 5.32 Å². The highest BCUT2D eigenvalue weighted by Crippen LogP contribution is 2.61. The van der Waals surface area contributed by atoms with Crippen LogP contribution in [0.15, 0.2) is 40.9 Å². The fourth-order valence-electron chi connectivity index (χ4n) is 6.50. The standard InChI is InChI=1S/C24H22BrN3O3/c1-12-10-13(2)20-16(11-12)24(23(31)26-20)19-18(17-4-3-9-27(17)24)21(29)28(22(19)30)15-7-5-14(25)6-8-15/h5-8,10-11,17-19H,3-4,9H2,1-2H3,(H,26,31)/t17-,18-,19-,24-/m1/s1. The number of fused-ring (bicyclic) bond motifs is 7. The number of nitrogens with one attached hydrogen (secondary N) is 1. The maximum Gasteiger partial charge on any atom is 0.250 e. The van der Waals surface area contributed by atoms with Crippen molar-refractivity contribution in [3.05, 3.63) is 57.6 Å². The van der Waals surface area contributed by atoms with E-state index in [-0.39, 0.29) is 23.8 Å². The van der Waals surface area contributed by atoms with E-state index in [1.165, 1.54) is 4.90 Å². The first-order chi connectivity index (χ1) is 14.9. The molecule has 4 heterocycles. The smallest absolute Gasteiger partial charge is 0.250 e. The van der Waals surface area contributed by atoms with Crippen molar-refractivity contribution in [2.75, 3.05) is 16.8 Å². The molecule has 158 valence electrons. The number of nitrogens with zero attached hydrogens (tertiary/aromatic N) is 2. The lowest BCUT2D eigenvalue weighted by Crippen LogP contribution is -2.54. The highest BCUT2D eigenvalue weighted by Gasteiger charge is 2.74. The number of hydrogen-bond acceptors (Lipinski definition) is 4. The lowest BCUT2D eigenvalue weighted by atomic mass is 9.75. The van der Waals surface area contributed by atoms with E-state index < -0.39 is 17.4 Å². The van der Waals surface area contributed by atoms with Crippen LogP contribution in [0.3, 0.4) is 0 Å². The molecule has 0 aliphatic carbocycles. The molecule has 0 unspecified atom stereocenters. The Morgan fingerprint density at radius 1 is 1.06 bits per heavy atom. The average molecular weight is 480 g/mol. The van der Waals surface area contributed by atoms with Gasteiger partial charge in [0.1, 0.15) is 5.54 Å². The summed E-state index contributed by atoms with van der Waals surface area (Å²) in [4.78, 5) is 44.7. The molecule has 0 bridgehead atoms. The zero-order chi connectivity index (χ0) is 21.7. The van der Waals surface area contributed by atoms with Crippen molar-refractivity contribution in [3.63, 3.8) is 0 Å². The predicted octanol–water partition coefficient (Wildman–Crippen LogP) is 3.50. The van der Waals surface area contributed by atoms with E-state index in [4.69, 9.17) is 0 Å². The van der Waals surface area contributed by atoms with Gasteiger partial charge in [0.05, 0.1) is 17.5 Å². The molecule has 0 saturated carbocycles. The van der Waals surface area contributed by atoms with Crippen molar-refractivity contribution < 1.29 is 14.4 Å². The maximum atomic E-state index is 13.9. The topological polar surface area (TPSA) is 69.7 Å². The van der Waals surface area contributed by atoms with E-state index in [1.807, 2.05) is 38.1 Å². The van der Waals surface area contributed by atoms with Gasteiger partial charge in [-0.2, -0.15) is 0 Å². The van der Waals surface area contributed by atoms with Crippen molar-refractivity contribution in [2.45, 2.75) is 38.3 Å². The average Bonchev–Trinajstić information content (AvgIpc) is 3.42. The molecular weight excluding hydrogens is 458 g/mol. The van der Waals surface area contributed by atoms with Crippen LogP contribution in [-0.4, -0.2) is 35.2 Å². The number of halogens is 1. The van der Waals surface area contributed by atoms with Crippen LogP contribution in [0.25, 0.3) is 0 Å². The third-order valence-electron chi connectivity index (χ3n) is 7.53. The van der Waals surface area contributed by atoms with Gasteiger partial charge in [-0.05, 0) is 63.1 Å². The highest BCUT2D eigenvalue weighted by molar-refractivity contribution is 9.10. The molecule has 3 saturated heterocycles. The van der Waals surface area contributed by atoms with Gasteiger partial charge in [0, 0.05) is 21.8 Å². The molecule has 2 aromatic rings. The molecule has 3 amide bonds. The van der Waals surface area contributed by atoms with Gasteiger partial charge in [-0.1, -0.05) is 33.6 Å². The molecule has 4 aliphatic rings. The lowest BCUT2D eigenvalue weighted by molar-refractivity contribution is -0.135. The molecule has 31 heavy (non-hydrogen) atoms. The molecule has 7 heteroatoms. The molecule has 6 rings (SSSR count). The lowest BCUT2D eigenvalue weighted by Gasteiger charge is -2.36. The van der Waals surface area contributed by atoms with Crippen molar-refractivity contribution in [1.82, 2.24) is 4.90 Å². The Bertz CT molecular complexity index is 1180. The van der Waals surface area contributed by atoms with Gasteiger partial charge in [0.15, 0.2) is 0 Å². The summed E-state index contributed by atoms with van der Waals surface area (Å²) in [6.07, 6.45) is 1.74. The fourth-order valence-corrected chi connectivity index (χ4v) is 6.77. The van der Waals surface area contributed by atoms with E-state index >= 15 is 0 Å². The van der Waals surface area contributed by atoms with Crippen molar-refractivity contribution in [3.8, 4) is 0 Å². The Hall–Kier alpha value is -2.51. The summed E-state index contributed by atoms with van der Waals surface area (Å²) < 4.78 is 0.879. The SMILES string of the molecule is Cc1cc(C)c2c(c1)[C@]1(C(=O)N2)[C@H]2C(=O)N(c3ccc(Br)cc3)C(=O)[C@@H]2[C@H]2CCCN21. The molecule has 4 atom stereocenters. The molecule has 3 fully saturated rings. The van der Waals surface area contributed by atoms with Crippen LogP contribution in [-0.2, 0) is 19.9 Å². The molecule has 4 aliphatic heterocycles. The van der Waals surface area contributed by atoms with Crippen molar-refractivity contribution >= 4 is 45.0 Å². The number of anilines is 2. The number of rotatable bonds is 1. The van der Waals surface area contributed by atoms with Crippen molar-refractivity contribution in [1.29, 1.82) is 0 Å². The Morgan fingerprint density at radius 3 is 2.55 bits per heavy atom. The summed E-state index contributed by atoms with van der Waals surface area (Å²) in [5.74, 6) is -1.84. The number of carbonyl (C=O) groups is 3. The second-order valence-corrected chi connectivity index (χ2v) is 10.0. The Morgan fingerprint density at radius 2 is 1.81 bits per heavy atom. The number of carbonyl (C=O) groups excluding carboxylic acids is 3. The van der Waals surface area contributed by atoms with Crippen LogP contribution in [0.4, 0.5) is 11.4 Å². The van der Waals surface area contributed by atoms with Gasteiger partial charge in [-0.3, -0.25) is 19.3 Å². The summed E-state index contributed by atoms with van der Waals surface area (Å²) in [6, 6.07) is 11.2. The Balaban J connectivity index is 1.57. The third-order valence-corrected chi connectivity index (χ3v) is 8.06.